The molecule has 1 aliphatic heterocycles. The van der Waals surface area contributed by atoms with Crippen LogP contribution in [0.15, 0.2) is 18.2 Å². The lowest BCUT2D eigenvalue weighted by Crippen LogP contribution is -2.51. The molecule has 1 aromatic carbocycles. The van der Waals surface area contributed by atoms with Gasteiger partial charge in [-0.1, -0.05) is 31.9 Å². The van der Waals surface area contributed by atoms with Gasteiger partial charge in [0.25, 0.3) is 0 Å². The summed E-state index contributed by atoms with van der Waals surface area (Å²) < 4.78 is 13.5. The largest absolute Gasteiger partial charge is 0.493 e. The van der Waals surface area contributed by atoms with Crippen molar-refractivity contribution in [3.63, 3.8) is 0 Å². The van der Waals surface area contributed by atoms with E-state index in [4.69, 9.17) is 9.47 Å². The number of rotatable bonds is 8. The van der Waals surface area contributed by atoms with Crippen LogP contribution in [0.5, 0.6) is 11.5 Å². The van der Waals surface area contributed by atoms with Gasteiger partial charge in [0.05, 0.1) is 19.8 Å². The number of piperazine rings is 1. The molecule has 0 spiro atoms. The third kappa shape index (κ3) is 4.35. The number of ether oxygens (including phenoxy) is 2. The van der Waals surface area contributed by atoms with E-state index in [1.165, 1.54) is 25.7 Å². The molecule has 176 valence electrons. The number of hydrogen-bond donors (Lipinski definition) is 0. The number of tetrazole rings is 1. The molecule has 0 unspecified atom stereocenters. The zero-order chi connectivity index (χ0) is 22.7. The Morgan fingerprint density at radius 3 is 2.41 bits per heavy atom. The SMILES string of the molecule is CCC(C)(C)n1nnnc1[C@H](c1cccc(OC)c1OC)N1CCN(C2CCCC2)CC1. The first-order valence-corrected chi connectivity index (χ1v) is 12.0. The van der Waals surface area contributed by atoms with E-state index in [2.05, 4.69) is 52.2 Å². The monoisotopic (exact) mass is 442 g/mol. The standard InChI is InChI=1S/C24H38N6O2/c1-6-24(2,3)30-23(25-26-27-30)21(19-12-9-13-20(31-4)22(19)32-5)29-16-14-28(15-17-29)18-10-7-8-11-18/h9,12-13,18,21H,6-8,10-11,14-17H2,1-5H3/t21-/m0/s1. The molecule has 0 amide bonds. The summed E-state index contributed by atoms with van der Waals surface area (Å²) in [5, 5.41) is 13.1. The van der Waals surface area contributed by atoms with E-state index in [1.807, 2.05) is 16.8 Å². The van der Waals surface area contributed by atoms with Crippen molar-refractivity contribution in [2.75, 3.05) is 40.4 Å². The minimum Gasteiger partial charge on any atom is -0.493 e. The van der Waals surface area contributed by atoms with Crippen molar-refractivity contribution in [3.05, 3.63) is 29.6 Å². The quantitative estimate of drug-likeness (QED) is 0.620. The van der Waals surface area contributed by atoms with Crippen molar-refractivity contribution in [2.24, 2.45) is 0 Å². The number of hydrogen-bond acceptors (Lipinski definition) is 7. The Balaban J connectivity index is 1.72. The fraction of sp³-hybridized carbons (Fsp3) is 0.708. The van der Waals surface area contributed by atoms with Gasteiger partial charge in [-0.25, -0.2) is 4.68 Å². The third-order valence-corrected chi connectivity index (χ3v) is 7.46. The minimum atomic E-state index is -0.186. The molecule has 8 nitrogen and oxygen atoms in total. The van der Waals surface area contributed by atoms with Gasteiger partial charge in [0.2, 0.25) is 0 Å². The van der Waals surface area contributed by atoms with E-state index in [0.717, 1.165) is 61.5 Å². The summed E-state index contributed by atoms with van der Waals surface area (Å²) in [6.45, 7) is 10.6. The lowest BCUT2D eigenvalue weighted by Gasteiger charge is -2.42. The maximum absolute atomic E-state index is 5.85. The highest BCUT2D eigenvalue weighted by Crippen LogP contribution is 2.41. The highest BCUT2D eigenvalue weighted by Gasteiger charge is 2.37. The molecule has 1 saturated heterocycles. The van der Waals surface area contributed by atoms with Gasteiger partial charge in [0, 0.05) is 37.8 Å². The molecule has 0 N–H and O–H groups in total. The first-order chi connectivity index (χ1) is 15.5. The van der Waals surface area contributed by atoms with E-state index >= 15 is 0 Å². The van der Waals surface area contributed by atoms with Crippen molar-refractivity contribution in [2.45, 2.75) is 70.5 Å². The van der Waals surface area contributed by atoms with Crippen LogP contribution in [-0.2, 0) is 5.54 Å². The van der Waals surface area contributed by atoms with Crippen LogP contribution in [0.1, 0.15) is 70.3 Å². The van der Waals surface area contributed by atoms with Gasteiger partial charge in [-0.15, -0.1) is 5.10 Å². The average Bonchev–Trinajstić information content (AvgIpc) is 3.52. The Kier molecular flexibility index (Phi) is 7.00. The summed E-state index contributed by atoms with van der Waals surface area (Å²) in [5.74, 6) is 2.34. The maximum Gasteiger partial charge on any atom is 0.173 e. The van der Waals surface area contributed by atoms with Gasteiger partial charge >= 0.3 is 0 Å². The first-order valence-electron chi connectivity index (χ1n) is 12.0. The van der Waals surface area contributed by atoms with Gasteiger partial charge in [0.1, 0.15) is 6.04 Å². The van der Waals surface area contributed by atoms with Gasteiger partial charge in [0.15, 0.2) is 17.3 Å². The Morgan fingerprint density at radius 1 is 1.06 bits per heavy atom. The first kappa shape index (κ1) is 23.0. The van der Waals surface area contributed by atoms with Crippen molar-refractivity contribution in [1.82, 2.24) is 30.0 Å². The van der Waals surface area contributed by atoms with Gasteiger partial charge in [-0.05, 0) is 49.6 Å². The van der Waals surface area contributed by atoms with Crippen molar-refractivity contribution >= 4 is 0 Å². The Bertz CT molecular complexity index is 884. The van der Waals surface area contributed by atoms with Crippen molar-refractivity contribution < 1.29 is 9.47 Å². The topological polar surface area (TPSA) is 68.5 Å². The second kappa shape index (κ2) is 9.75. The second-order valence-electron chi connectivity index (χ2n) is 9.61. The smallest absolute Gasteiger partial charge is 0.173 e. The molecule has 0 radical (unpaired) electrons. The molecule has 2 aliphatic rings. The molecule has 1 saturated carbocycles. The lowest BCUT2D eigenvalue weighted by atomic mass is 9.98. The van der Waals surface area contributed by atoms with Crippen LogP contribution in [0.4, 0.5) is 0 Å². The highest BCUT2D eigenvalue weighted by atomic mass is 16.5. The van der Waals surface area contributed by atoms with Gasteiger partial charge in [-0.2, -0.15) is 0 Å². The van der Waals surface area contributed by atoms with E-state index in [-0.39, 0.29) is 11.6 Å². The molecule has 1 aliphatic carbocycles. The van der Waals surface area contributed by atoms with Crippen LogP contribution in [0.3, 0.4) is 0 Å². The summed E-state index contributed by atoms with van der Waals surface area (Å²) >= 11 is 0. The number of aromatic nitrogens is 4. The highest BCUT2D eigenvalue weighted by molar-refractivity contribution is 5.49. The summed E-state index contributed by atoms with van der Waals surface area (Å²) in [6, 6.07) is 6.74. The fourth-order valence-electron chi connectivity index (χ4n) is 5.20. The minimum absolute atomic E-state index is 0.105. The van der Waals surface area contributed by atoms with Crippen LogP contribution in [-0.4, -0.2) is 76.4 Å². The number of nitrogens with zero attached hydrogens (tertiary/aromatic N) is 6. The predicted octanol–water partition coefficient (Wildman–Crippen LogP) is 3.49. The van der Waals surface area contributed by atoms with Crippen molar-refractivity contribution in [1.29, 1.82) is 0 Å². The van der Waals surface area contributed by atoms with E-state index in [1.54, 1.807) is 14.2 Å². The summed E-state index contributed by atoms with van der Waals surface area (Å²) in [5.41, 5.74) is 0.860. The molecule has 2 fully saturated rings. The normalized spacial score (nSPS) is 19.9. The fourth-order valence-corrected chi connectivity index (χ4v) is 5.20. The molecule has 1 atom stereocenters. The number of benzene rings is 1. The molecule has 2 heterocycles. The van der Waals surface area contributed by atoms with E-state index in [9.17, 15) is 0 Å². The predicted molar refractivity (Wildman–Crippen MR) is 124 cm³/mol. The Hall–Kier alpha value is -2.19. The lowest BCUT2D eigenvalue weighted by molar-refractivity contribution is 0.0743. The third-order valence-electron chi connectivity index (χ3n) is 7.46. The molecule has 2 aromatic rings. The van der Waals surface area contributed by atoms with Crippen LogP contribution < -0.4 is 9.47 Å². The van der Waals surface area contributed by atoms with Gasteiger partial charge < -0.3 is 9.47 Å². The summed E-state index contributed by atoms with van der Waals surface area (Å²) in [6.07, 6.45) is 6.36. The average molecular weight is 443 g/mol. The second-order valence-corrected chi connectivity index (χ2v) is 9.61. The summed E-state index contributed by atoms with van der Waals surface area (Å²) in [7, 11) is 3.39. The number of para-hydroxylation sites is 1. The molecular weight excluding hydrogens is 404 g/mol. The molecular formula is C24H38N6O2. The number of methoxy groups -OCH3 is 2. The molecule has 8 heteroatoms. The van der Waals surface area contributed by atoms with E-state index < -0.39 is 0 Å². The maximum atomic E-state index is 5.85. The Morgan fingerprint density at radius 2 is 1.78 bits per heavy atom. The van der Waals surface area contributed by atoms with Crippen LogP contribution in [0.25, 0.3) is 0 Å². The van der Waals surface area contributed by atoms with Crippen LogP contribution >= 0.6 is 0 Å². The Labute approximate surface area is 191 Å². The molecule has 4 rings (SSSR count). The van der Waals surface area contributed by atoms with Crippen LogP contribution in [0, 0.1) is 0 Å². The van der Waals surface area contributed by atoms with Crippen LogP contribution in [0.2, 0.25) is 0 Å². The van der Waals surface area contributed by atoms with Crippen molar-refractivity contribution in [3.8, 4) is 11.5 Å². The zero-order valence-corrected chi connectivity index (χ0v) is 20.3. The molecule has 32 heavy (non-hydrogen) atoms. The molecule has 1 aromatic heterocycles. The summed E-state index contributed by atoms with van der Waals surface area (Å²) in [4.78, 5) is 5.19. The zero-order valence-electron chi connectivity index (χ0n) is 20.3. The molecule has 0 bridgehead atoms. The van der Waals surface area contributed by atoms with Gasteiger partial charge in [-0.3, -0.25) is 9.80 Å². The van der Waals surface area contributed by atoms with E-state index in [0.29, 0.717) is 0 Å².